The zero-order valence-electron chi connectivity index (χ0n) is 20.7. The van der Waals surface area contributed by atoms with Crippen molar-refractivity contribution in [2.24, 2.45) is 0 Å². The van der Waals surface area contributed by atoms with Crippen molar-refractivity contribution < 1.29 is 4.42 Å². The molecule has 0 aliphatic rings. The van der Waals surface area contributed by atoms with Gasteiger partial charge in [-0.2, -0.15) is 0 Å². The molecule has 4 aromatic carbocycles. The highest BCUT2D eigenvalue weighted by molar-refractivity contribution is 6.12. The molecular weight excluding hydrogens is 480 g/mol. The summed E-state index contributed by atoms with van der Waals surface area (Å²) in [5.41, 5.74) is 7.72. The van der Waals surface area contributed by atoms with E-state index in [0.717, 1.165) is 55.6 Å². The van der Waals surface area contributed by atoms with Crippen molar-refractivity contribution in [3.05, 3.63) is 122 Å². The number of aromatic nitrogens is 4. The Labute approximate surface area is 222 Å². The molecule has 0 aliphatic carbocycles. The summed E-state index contributed by atoms with van der Waals surface area (Å²) in [6.45, 7) is 0. The Morgan fingerprint density at radius 1 is 0.487 bits per heavy atom. The lowest BCUT2D eigenvalue weighted by atomic mass is 10.2. The molecular formula is C34H20N4O. The number of fused-ring (bicyclic) bond motifs is 9. The second-order valence-electron chi connectivity index (χ2n) is 9.89. The summed E-state index contributed by atoms with van der Waals surface area (Å²) in [6, 6.07) is 38.0. The van der Waals surface area contributed by atoms with E-state index < -0.39 is 0 Å². The highest BCUT2D eigenvalue weighted by Gasteiger charge is 2.20. The summed E-state index contributed by atoms with van der Waals surface area (Å²) in [5.74, 6) is 0.852. The van der Waals surface area contributed by atoms with Crippen molar-refractivity contribution in [3.63, 3.8) is 0 Å². The number of hydrogen-bond acceptors (Lipinski definition) is 3. The maximum Gasteiger partial charge on any atom is 0.164 e. The molecule has 5 heterocycles. The number of benzene rings is 4. The van der Waals surface area contributed by atoms with Gasteiger partial charge in [-0.25, -0.2) is 4.98 Å². The van der Waals surface area contributed by atoms with Crippen LogP contribution in [0.15, 0.2) is 126 Å². The molecule has 0 aliphatic heterocycles. The maximum absolute atomic E-state index is 6.52. The zero-order chi connectivity index (χ0) is 25.5. The molecule has 0 spiro atoms. The van der Waals surface area contributed by atoms with Crippen LogP contribution in [0.5, 0.6) is 0 Å². The third kappa shape index (κ3) is 2.73. The van der Waals surface area contributed by atoms with Crippen LogP contribution in [0, 0.1) is 0 Å². The van der Waals surface area contributed by atoms with Crippen LogP contribution < -0.4 is 0 Å². The van der Waals surface area contributed by atoms with E-state index in [1.165, 1.54) is 21.5 Å². The van der Waals surface area contributed by atoms with Gasteiger partial charge in [-0.3, -0.25) is 9.55 Å². The van der Waals surface area contributed by atoms with Crippen molar-refractivity contribution in [2.45, 2.75) is 0 Å². The molecule has 0 N–H and O–H groups in total. The number of furan rings is 1. The molecule has 0 atom stereocenters. The summed E-state index contributed by atoms with van der Waals surface area (Å²) in [6.07, 6.45) is 3.75. The molecule has 0 unspecified atom stereocenters. The molecule has 9 rings (SSSR count). The molecule has 5 aromatic heterocycles. The Hall–Kier alpha value is -5.42. The van der Waals surface area contributed by atoms with E-state index in [4.69, 9.17) is 9.40 Å². The van der Waals surface area contributed by atoms with E-state index in [0.29, 0.717) is 0 Å². The van der Waals surface area contributed by atoms with Crippen molar-refractivity contribution in [1.29, 1.82) is 0 Å². The topological polar surface area (TPSA) is 48.8 Å². The largest absolute Gasteiger partial charge is 0.452 e. The predicted octanol–water partition coefficient (Wildman–Crippen LogP) is 8.57. The van der Waals surface area contributed by atoms with Gasteiger partial charge in [-0.1, -0.05) is 72.8 Å². The fourth-order valence-electron chi connectivity index (χ4n) is 6.17. The summed E-state index contributed by atoms with van der Waals surface area (Å²) < 4.78 is 11.0. The molecule has 5 nitrogen and oxygen atoms in total. The Morgan fingerprint density at radius 2 is 1.00 bits per heavy atom. The maximum atomic E-state index is 6.52. The second kappa shape index (κ2) is 7.55. The minimum atomic E-state index is 0.740. The van der Waals surface area contributed by atoms with Gasteiger partial charge in [0.15, 0.2) is 11.2 Å². The lowest BCUT2D eigenvalue weighted by Crippen LogP contribution is -1.97. The van der Waals surface area contributed by atoms with Crippen LogP contribution in [-0.4, -0.2) is 19.1 Å². The van der Waals surface area contributed by atoms with Crippen molar-refractivity contribution >= 4 is 65.7 Å². The van der Waals surface area contributed by atoms with Crippen molar-refractivity contribution in [2.75, 3.05) is 0 Å². The van der Waals surface area contributed by atoms with Crippen LogP contribution >= 0.6 is 0 Å². The Kier molecular flexibility index (Phi) is 3.99. The number of nitrogens with zero attached hydrogens (tertiary/aromatic N) is 4. The van der Waals surface area contributed by atoms with Crippen LogP contribution in [-0.2, 0) is 0 Å². The average Bonchev–Trinajstić information content (AvgIpc) is 3.65. The van der Waals surface area contributed by atoms with E-state index in [1.807, 2.05) is 24.5 Å². The fourth-order valence-corrected chi connectivity index (χ4v) is 6.17. The van der Waals surface area contributed by atoms with E-state index in [2.05, 4.69) is 111 Å². The molecule has 9 aromatic rings. The van der Waals surface area contributed by atoms with E-state index >= 15 is 0 Å². The Morgan fingerprint density at radius 3 is 1.56 bits per heavy atom. The van der Waals surface area contributed by atoms with Gasteiger partial charge in [0, 0.05) is 27.7 Å². The summed E-state index contributed by atoms with van der Waals surface area (Å²) in [4.78, 5) is 9.84. The van der Waals surface area contributed by atoms with Gasteiger partial charge in [0.2, 0.25) is 0 Å². The number of rotatable bonds is 2. The minimum Gasteiger partial charge on any atom is -0.452 e. The number of pyridine rings is 2. The van der Waals surface area contributed by atoms with E-state index in [1.54, 1.807) is 0 Å². The van der Waals surface area contributed by atoms with Crippen molar-refractivity contribution in [3.8, 4) is 11.5 Å². The lowest BCUT2D eigenvalue weighted by Gasteiger charge is -2.07. The highest BCUT2D eigenvalue weighted by atomic mass is 16.3. The van der Waals surface area contributed by atoms with Crippen LogP contribution in [0.1, 0.15) is 0 Å². The quantitative estimate of drug-likeness (QED) is 0.239. The number of hydrogen-bond donors (Lipinski definition) is 0. The van der Waals surface area contributed by atoms with Gasteiger partial charge in [-0.15, -0.1) is 0 Å². The van der Waals surface area contributed by atoms with E-state index in [9.17, 15) is 0 Å². The predicted molar refractivity (Wildman–Crippen MR) is 158 cm³/mol. The second-order valence-corrected chi connectivity index (χ2v) is 9.89. The Balaban J connectivity index is 1.34. The van der Waals surface area contributed by atoms with Crippen LogP contribution in [0.25, 0.3) is 77.2 Å². The molecule has 39 heavy (non-hydrogen) atoms. The van der Waals surface area contributed by atoms with Crippen LogP contribution in [0.2, 0.25) is 0 Å². The van der Waals surface area contributed by atoms with Gasteiger partial charge in [0.1, 0.15) is 17.0 Å². The first kappa shape index (κ1) is 20.6. The van der Waals surface area contributed by atoms with Gasteiger partial charge < -0.3 is 8.98 Å². The Bertz CT molecular complexity index is 2300. The van der Waals surface area contributed by atoms with Gasteiger partial charge in [0.05, 0.1) is 33.6 Å². The molecule has 0 radical (unpaired) electrons. The van der Waals surface area contributed by atoms with Gasteiger partial charge >= 0.3 is 0 Å². The molecule has 5 heteroatoms. The van der Waals surface area contributed by atoms with Gasteiger partial charge in [-0.05, 0) is 36.4 Å². The summed E-state index contributed by atoms with van der Waals surface area (Å²) in [5, 5.41) is 5.72. The first-order valence-corrected chi connectivity index (χ1v) is 13.0. The standard InChI is InChI=1S/C34H20N4O/c1-5-13-26-21(9-1)22-10-2-6-14-27(22)37(26)30-20-35-19-25-33-31(39-34(25)30)17-18-32(36-33)38-28-15-7-3-11-23(28)24-12-4-8-16-29(24)38/h1-20H. The monoisotopic (exact) mass is 500 g/mol. The lowest BCUT2D eigenvalue weighted by molar-refractivity contribution is 0.665. The molecule has 0 fully saturated rings. The zero-order valence-corrected chi connectivity index (χ0v) is 20.7. The molecule has 0 saturated heterocycles. The molecule has 0 saturated carbocycles. The van der Waals surface area contributed by atoms with Crippen molar-refractivity contribution in [1.82, 2.24) is 19.1 Å². The first-order valence-electron chi connectivity index (χ1n) is 13.0. The summed E-state index contributed by atoms with van der Waals surface area (Å²) in [7, 11) is 0. The smallest absolute Gasteiger partial charge is 0.164 e. The third-order valence-corrected chi connectivity index (χ3v) is 7.82. The van der Waals surface area contributed by atoms with Gasteiger partial charge in [0.25, 0.3) is 0 Å². The molecule has 0 bridgehead atoms. The SMILES string of the molecule is c1ccc2c(c1)c1ccccc1n2-c1ccc2oc3c(-n4c5ccccc5c5ccccc54)cncc3c2n1. The number of para-hydroxylation sites is 4. The fraction of sp³-hybridized carbons (Fsp3) is 0. The molecule has 182 valence electrons. The highest BCUT2D eigenvalue weighted by Crippen LogP contribution is 2.38. The normalized spacial score (nSPS) is 12.1. The average molecular weight is 501 g/mol. The third-order valence-electron chi connectivity index (χ3n) is 7.82. The van der Waals surface area contributed by atoms with Crippen LogP contribution in [0.4, 0.5) is 0 Å². The summed E-state index contributed by atoms with van der Waals surface area (Å²) >= 11 is 0. The first-order chi connectivity index (χ1) is 19.4. The van der Waals surface area contributed by atoms with Crippen LogP contribution in [0.3, 0.4) is 0 Å². The molecule has 0 amide bonds. The minimum absolute atomic E-state index is 0.740. The van der Waals surface area contributed by atoms with E-state index in [-0.39, 0.29) is 0 Å².